The molecule has 0 saturated carbocycles. The zero-order valence-corrected chi connectivity index (χ0v) is 15.3. The van der Waals surface area contributed by atoms with E-state index in [1.54, 1.807) is 23.2 Å². The number of rotatable bonds is 6. The summed E-state index contributed by atoms with van der Waals surface area (Å²) in [5, 5.41) is 0. The van der Waals surface area contributed by atoms with E-state index in [2.05, 4.69) is 22.8 Å². The molecule has 7 heteroatoms. The van der Waals surface area contributed by atoms with E-state index in [-0.39, 0.29) is 18.2 Å². The summed E-state index contributed by atoms with van der Waals surface area (Å²) in [5.74, 6) is -1.39. The number of aromatic amines is 1. The monoisotopic (exact) mass is 368 g/mol. The largest absolute Gasteiger partial charge is 0.357 e. The number of carbonyl (C=O) groups is 3. The Morgan fingerprint density at radius 1 is 1.19 bits per heavy atom. The van der Waals surface area contributed by atoms with Crippen LogP contribution in [0.4, 0.5) is 5.69 Å². The van der Waals surface area contributed by atoms with Crippen molar-refractivity contribution in [2.45, 2.75) is 32.6 Å². The predicted octanol–water partition coefficient (Wildman–Crippen LogP) is 2.17. The highest BCUT2D eigenvalue weighted by Gasteiger charge is 2.35. The van der Waals surface area contributed by atoms with Crippen molar-refractivity contribution in [2.24, 2.45) is 5.92 Å². The van der Waals surface area contributed by atoms with Crippen LogP contribution in [-0.4, -0.2) is 29.3 Å². The van der Waals surface area contributed by atoms with Crippen molar-refractivity contribution >= 4 is 23.4 Å². The maximum atomic E-state index is 12.3. The number of aryl methyl sites for hydroxylation is 1. The van der Waals surface area contributed by atoms with Gasteiger partial charge in [0.2, 0.25) is 11.8 Å². The lowest BCUT2D eigenvalue weighted by molar-refractivity contribution is -0.126. The Morgan fingerprint density at radius 2 is 1.96 bits per heavy atom. The Labute approximate surface area is 158 Å². The first-order valence-corrected chi connectivity index (χ1v) is 9.21. The number of aromatic nitrogens is 1. The molecule has 0 spiro atoms. The number of nitrogens with one attached hydrogen (secondary N) is 3. The maximum Gasteiger partial charge on any atom is 0.286 e. The Bertz CT molecular complexity index is 799. The van der Waals surface area contributed by atoms with Gasteiger partial charge in [0.25, 0.3) is 5.91 Å². The number of hydrazine groups is 1. The predicted molar refractivity (Wildman–Crippen MR) is 102 cm³/mol. The highest BCUT2D eigenvalue weighted by Crippen LogP contribution is 2.25. The SMILES string of the molecule is CCCCc1ccc(N2CC(C(=O)NNC(=O)c3ccc[nH]3)CC2=O)cc1. The summed E-state index contributed by atoms with van der Waals surface area (Å²) in [7, 11) is 0. The van der Waals surface area contributed by atoms with Crippen LogP contribution in [0.15, 0.2) is 42.6 Å². The molecule has 7 nitrogen and oxygen atoms in total. The lowest BCUT2D eigenvalue weighted by atomic mass is 10.1. The van der Waals surface area contributed by atoms with Gasteiger partial charge in [-0.3, -0.25) is 25.2 Å². The van der Waals surface area contributed by atoms with Crippen molar-refractivity contribution in [1.82, 2.24) is 15.8 Å². The first kappa shape index (κ1) is 18.7. The molecule has 2 heterocycles. The summed E-state index contributed by atoms with van der Waals surface area (Å²) in [6, 6.07) is 11.2. The molecule has 0 aliphatic carbocycles. The number of carbonyl (C=O) groups excluding carboxylic acids is 3. The van der Waals surface area contributed by atoms with Crippen molar-refractivity contribution in [3.05, 3.63) is 53.9 Å². The van der Waals surface area contributed by atoms with Gasteiger partial charge in [0.15, 0.2) is 0 Å². The third-order valence-corrected chi connectivity index (χ3v) is 4.70. The summed E-state index contributed by atoms with van der Waals surface area (Å²) in [6.45, 7) is 2.46. The van der Waals surface area contributed by atoms with E-state index in [1.165, 1.54) is 5.56 Å². The second-order valence-electron chi connectivity index (χ2n) is 6.70. The fourth-order valence-electron chi connectivity index (χ4n) is 3.12. The highest BCUT2D eigenvalue weighted by molar-refractivity contribution is 6.01. The van der Waals surface area contributed by atoms with Crippen molar-refractivity contribution in [3.63, 3.8) is 0 Å². The standard InChI is InChI=1S/C20H24N4O3/c1-2-3-5-14-7-9-16(10-8-14)24-13-15(12-18(24)25)19(26)22-23-20(27)17-6-4-11-21-17/h4,6-11,15,21H,2-3,5,12-13H2,1H3,(H,22,26)(H,23,27). The molecule has 3 rings (SSSR count). The molecule has 1 fully saturated rings. The molecular formula is C20H24N4O3. The van der Waals surface area contributed by atoms with Crippen LogP contribution in [-0.2, 0) is 16.0 Å². The summed E-state index contributed by atoms with van der Waals surface area (Å²) >= 11 is 0. The Kier molecular flexibility index (Phi) is 5.90. The van der Waals surface area contributed by atoms with Gasteiger partial charge >= 0.3 is 0 Å². The highest BCUT2D eigenvalue weighted by atomic mass is 16.2. The molecule has 1 aromatic carbocycles. The molecule has 1 saturated heterocycles. The van der Waals surface area contributed by atoms with E-state index in [4.69, 9.17) is 0 Å². The molecule has 3 N–H and O–H groups in total. The normalized spacial score (nSPS) is 16.4. The van der Waals surface area contributed by atoms with E-state index in [0.29, 0.717) is 12.2 Å². The van der Waals surface area contributed by atoms with Crippen LogP contribution in [0.5, 0.6) is 0 Å². The van der Waals surface area contributed by atoms with Crippen molar-refractivity contribution < 1.29 is 14.4 Å². The van der Waals surface area contributed by atoms with Gasteiger partial charge in [0, 0.05) is 24.8 Å². The summed E-state index contributed by atoms with van der Waals surface area (Å²) in [5.41, 5.74) is 7.15. The summed E-state index contributed by atoms with van der Waals surface area (Å²) in [6.07, 6.45) is 5.05. The molecule has 2 aromatic rings. The van der Waals surface area contributed by atoms with Crippen LogP contribution < -0.4 is 15.8 Å². The second kappa shape index (κ2) is 8.53. The quantitative estimate of drug-likeness (QED) is 0.682. The lowest BCUT2D eigenvalue weighted by Crippen LogP contribution is -2.45. The third kappa shape index (κ3) is 4.55. The number of hydrogen-bond acceptors (Lipinski definition) is 3. The molecule has 0 radical (unpaired) electrons. The van der Waals surface area contributed by atoms with E-state index < -0.39 is 11.8 Å². The van der Waals surface area contributed by atoms with Gasteiger partial charge in [-0.25, -0.2) is 0 Å². The molecule has 1 aromatic heterocycles. The van der Waals surface area contributed by atoms with Crippen molar-refractivity contribution in [2.75, 3.05) is 11.4 Å². The van der Waals surface area contributed by atoms with Crippen molar-refractivity contribution in [1.29, 1.82) is 0 Å². The van der Waals surface area contributed by atoms with E-state index in [1.807, 2.05) is 24.3 Å². The molecule has 142 valence electrons. The summed E-state index contributed by atoms with van der Waals surface area (Å²) < 4.78 is 0. The average molecular weight is 368 g/mol. The number of nitrogens with zero attached hydrogens (tertiary/aromatic N) is 1. The van der Waals surface area contributed by atoms with E-state index in [9.17, 15) is 14.4 Å². The Morgan fingerprint density at radius 3 is 2.63 bits per heavy atom. The number of unbranched alkanes of at least 4 members (excludes halogenated alkanes) is 1. The number of anilines is 1. The van der Waals surface area contributed by atoms with Gasteiger partial charge in [-0.2, -0.15) is 0 Å². The first-order valence-electron chi connectivity index (χ1n) is 9.21. The van der Waals surface area contributed by atoms with Gasteiger partial charge in [-0.1, -0.05) is 25.5 Å². The van der Waals surface area contributed by atoms with Crippen LogP contribution in [0.2, 0.25) is 0 Å². The van der Waals surface area contributed by atoms with Crippen LogP contribution in [0.3, 0.4) is 0 Å². The number of benzene rings is 1. The molecular weight excluding hydrogens is 344 g/mol. The maximum absolute atomic E-state index is 12.3. The zero-order chi connectivity index (χ0) is 19.2. The van der Waals surface area contributed by atoms with Crippen LogP contribution in [0.25, 0.3) is 0 Å². The minimum atomic E-state index is -0.499. The topological polar surface area (TPSA) is 94.3 Å². The van der Waals surface area contributed by atoms with Gasteiger partial charge in [-0.15, -0.1) is 0 Å². The van der Waals surface area contributed by atoms with Gasteiger partial charge < -0.3 is 9.88 Å². The second-order valence-corrected chi connectivity index (χ2v) is 6.70. The molecule has 27 heavy (non-hydrogen) atoms. The van der Waals surface area contributed by atoms with E-state index in [0.717, 1.165) is 24.9 Å². The minimum Gasteiger partial charge on any atom is -0.357 e. The lowest BCUT2D eigenvalue weighted by Gasteiger charge is -2.17. The minimum absolute atomic E-state index is 0.0906. The molecule has 1 unspecified atom stereocenters. The Hall–Kier alpha value is -3.09. The Balaban J connectivity index is 1.54. The van der Waals surface area contributed by atoms with Gasteiger partial charge in [-0.05, 0) is 42.7 Å². The van der Waals surface area contributed by atoms with Crippen LogP contribution in [0, 0.1) is 5.92 Å². The molecule has 1 atom stereocenters. The third-order valence-electron chi connectivity index (χ3n) is 4.70. The average Bonchev–Trinajstić information content (AvgIpc) is 3.34. The van der Waals surface area contributed by atoms with Gasteiger partial charge in [0.05, 0.1) is 5.92 Å². The fourth-order valence-corrected chi connectivity index (χ4v) is 3.12. The smallest absolute Gasteiger partial charge is 0.286 e. The van der Waals surface area contributed by atoms with E-state index >= 15 is 0 Å². The number of H-pyrrole nitrogens is 1. The zero-order valence-electron chi connectivity index (χ0n) is 15.3. The molecule has 1 aliphatic heterocycles. The number of amides is 3. The fraction of sp³-hybridized carbons (Fsp3) is 0.350. The van der Waals surface area contributed by atoms with Gasteiger partial charge in [0.1, 0.15) is 5.69 Å². The van der Waals surface area contributed by atoms with Crippen LogP contribution >= 0.6 is 0 Å². The van der Waals surface area contributed by atoms with Crippen LogP contribution in [0.1, 0.15) is 42.2 Å². The first-order chi connectivity index (χ1) is 13.1. The number of hydrogen-bond donors (Lipinski definition) is 3. The molecule has 0 bridgehead atoms. The summed E-state index contributed by atoms with van der Waals surface area (Å²) in [4.78, 5) is 40.9. The molecule has 1 aliphatic rings. The molecule has 3 amide bonds. The van der Waals surface area contributed by atoms with Crippen molar-refractivity contribution in [3.8, 4) is 0 Å².